The Balaban J connectivity index is 2.52. The number of rotatable bonds is 6. The molecule has 0 saturated carbocycles. The van der Waals surface area contributed by atoms with Crippen LogP contribution in [-0.2, 0) is 14.3 Å². The van der Waals surface area contributed by atoms with Gasteiger partial charge in [-0.15, -0.1) is 0 Å². The molecule has 1 amide bonds. The van der Waals surface area contributed by atoms with Crippen LogP contribution in [0.5, 0.6) is 0 Å². The fourth-order valence-corrected chi connectivity index (χ4v) is 2.06. The van der Waals surface area contributed by atoms with Gasteiger partial charge in [0.1, 0.15) is 0 Å². The minimum Gasteiger partial charge on any atom is -0.481 e. The largest absolute Gasteiger partial charge is 0.481 e. The van der Waals surface area contributed by atoms with Gasteiger partial charge in [0.05, 0.1) is 11.5 Å². The number of carboxylic acids is 1. The van der Waals surface area contributed by atoms with Gasteiger partial charge in [0, 0.05) is 19.8 Å². The van der Waals surface area contributed by atoms with Gasteiger partial charge in [0.15, 0.2) is 0 Å². The van der Waals surface area contributed by atoms with Gasteiger partial charge in [-0.3, -0.25) is 9.59 Å². The quantitative estimate of drug-likeness (QED) is 0.627. The van der Waals surface area contributed by atoms with Crippen LogP contribution in [-0.4, -0.2) is 42.8 Å². The number of aliphatic carboxylic acids is 1. The molecule has 0 aromatic carbocycles. The molecule has 1 heterocycles. The van der Waals surface area contributed by atoms with E-state index in [-0.39, 0.29) is 12.5 Å². The summed E-state index contributed by atoms with van der Waals surface area (Å²) in [6.45, 7) is 2.92. The van der Waals surface area contributed by atoms with E-state index < -0.39 is 17.4 Å². The topological polar surface area (TPSA) is 102 Å². The lowest BCUT2D eigenvalue weighted by Crippen LogP contribution is -2.50. The number of carboxylic acid groups (broad SMARTS) is 1. The Kier molecular flexibility index (Phi) is 5.55. The molecule has 1 fully saturated rings. The van der Waals surface area contributed by atoms with Gasteiger partial charge in [-0.1, -0.05) is 13.3 Å². The lowest BCUT2D eigenvalue weighted by Gasteiger charge is -2.33. The molecule has 0 radical (unpaired) electrons. The van der Waals surface area contributed by atoms with E-state index in [1.807, 2.05) is 6.92 Å². The highest BCUT2D eigenvalue weighted by Crippen LogP contribution is 2.30. The molecular formula is C12H22N2O4. The Morgan fingerprint density at radius 3 is 2.56 bits per heavy atom. The van der Waals surface area contributed by atoms with E-state index in [0.717, 1.165) is 6.42 Å². The fraction of sp³-hybridized carbons (Fsp3) is 0.833. The van der Waals surface area contributed by atoms with Crippen molar-refractivity contribution in [3.8, 4) is 0 Å². The minimum absolute atomic E-state index is 0.127. The summed E-state index contributed by atoms with van der Waals surface area (Å²) >= 11 is 0. The van der Waals surface area contributed by atoms with Crippen molar-refractivity contribution in [2.45, 2.75) is 38.6 Å². The first-order valence-corrected chi connectivity index (χ1v) is 6.36. The van der Waals surface area contributed by atoms with E-state index in [0.29, 0.717) is 32.5 Å². The van der Waals surface area contributed by atoms with Crippen LogP contribution in [0.25, 0.3) is 0 Å². The molecule has 104 valence electrons. The number of hydrogen-bond donors (Lipinski definition) is 3. The Hall–Kier alpha value is -1.14. The first kappa shape index (κ1) is 14.9. The molecule has 0 aromatic heterocycles. The monoisotopic (exact) mass is 258 g/mol. The normalized spacial score (nSPS) is 20.1. The molecule has 6 nitrogen and oxygen atoms in total. The predicted octanol–water partition coefficient (Wildman–Crippen LogP) is 0.111. The Morgan fingerprint density at radius 2 is 2.06 bits per heavy atom. The summed E-state index contributed by atoms with van der Waals surface area (Å²) in [5.41, 5.74) is 4.78. The van der Waals surface area contributed by atoms with Crippen LogP contribution in [0.3, 0.4) is 0 Å². The van der Waals surface area contributed by atoms with E-state index in [1.54, 1.807) is 0 Å². The summed E-state index contributed by atoms with van der Waals surface area (Å²) in [5, 5.41) is 12.0. The number of carbonyl (C=O) groups is 2. The Bertz CT molecular complexity index is 300. The molecule has 1 atom stereocenters. The van der Waals surface area contributed by atoms with Gasteiger partial charge in [0.25, 0.3) is 0 Å². The zero-order valence-corrected chi connectivity index (χ0v) is 10.8. The van der Waals surface area contributed by atoms with Crippen molar-refractivity contribution in [1.82, 2.24) is 5.32 Å². The molecule has 1 saturated heterocycles. The second-order valence-electron chi connectivity index (χ2n) is 4.81. The third kappa shape index (κ3) is 3.68. The van der Waals surface area contributed by atoms with Crippen molar-refractivity contribution in [2.75, 3.05) is 19.8 Å². The van der Waals surface area contributed by atoms with Crippen LogP contribution < -0.4 is 11.1 Å². The number of ether oxygens (including phenoxy) is 1. The van der Waals surface area contributed by atoms with Gasteiger partial charge in [-0.25, -0.2) is 0 Å². The van der Waals surface area contributed by atoms with E-state index in [2.05, 4.69) is 5.32 Å². The molecule has 4 N–H and O–H groups in total. The standard InChI is InChI=1S/C12H22N2O4/c1-2-3-9(13)10(15)14-8-12(11(16)17)4-6-18-7-5-12/h9H,2-8,13H2,1H3,(H,14,15)(H,16,17). The average Bonchev–Trinajstić information content (AvgIpc) is 2.37. The third-order valence-corrected chi connectivity index (χ3v) is 3.44. The molecule has 1 unspecified atom stereocenters. The SMILES string of the molecule is CCCC(N)C(=O)NCC1(C(=O)O)CCOCC1. The second-order valence-corrected chi connectivity index (χ2v) is 4.81. The highest BCUT2D eigenvalue weighted by Gasteiger charge is 2.40. The van der Waals surface area contributed by atoms with Gasteiger partial charge < -0.3 is 20.9 Å². The fourth-order valence-electron chi connectivity index (χ4n) is 2.06. The van der Waals surface area contributed by atoms with Gasteiger partial charge >= 0.3 is 5.97 Å². The maximum atomic E-state index is 11.7. The van der Waals surface area contributed by atoms with Crippen LogP contribution in [0.1, 0.15) is 32.6 Å². The van der Waals surface area contributed by atoms with Crippen LogP contribution in [0.15, 0.2) is 0 Å². The number of hydrogen-bond acceptors (Lipinski definition) is 4. The predicted molar refractivity (Wildman–Crippen MR) is 66.0 cm³/mol. The summed E-state index contributed by atoms with van der Waals surface area (Å²) in [7, 11) is 0. The minimum atomic E-state index is -0.903. The van der Waals surface area contributed by atoms with E-state index in [9.17, 15) is 14.7 Å². The maximum Gasteiger partial charge on any atom is 0.311 e. The highest BCUT2D eigenvalue weighted by atomic mass is 16.5. The summed E-state index contributed by atoms with van der Waals surface area (Å²) in [4.78, 5) is 23.0. The lowest BCUT2D eigenvalue weighted by molar-refractivity contribution is -0.154. The number of carbonyl (C=O) groups excluding carboxylic acids is 1. The molecule has 0 aliphatic carbocycles. The van der Waals surface area contributed by atoms with E-state index in [4.69, 9.17) is 10.5 Å². The van der Waals surface area contributed by atoms with Crippen molar-refractivity contribution >= 4 is 11.9 Å². The van der Waals surface area contributed by atoms with Crippen LogP contribution in [0.4, 0.5) is 0 Å². The van der Waals surface area contributed by atoms with Crippen LogP contribution >= 0.6 is 0 Å². The number of amides is 1. The van der Waals surface area contributed by atoms with Crippen molar-refractivity contribution < 1.29 is 19.4 Å². The van der Waals surface area contributed by atoms with Crippen molar-refractivity contribution in [1.29, 1.82) is 0 Å². The molecule has 0 spiro atoms. The third-order valence-electron chi connectivity index (χ3n) is 3.44. The summed E-state index contributed by atoms with van der Waals surface area (Å²) in [6, 6.07) is -0.555. The zero-order valence-electron chi connectivity index (χ0n) is 10.8. The summed E-state index contributed by atoms with van der Waals surface area (Å²) in [6.07, 6.45) is 2.28. The molecular weight excluding hydrogens is 236 g/mol. The molecule has 0 bridgehead atoms. The highest BCUT2D eigenvalue weighted by molar-refractivity contribution is 5.82. The zero-order chi connectivity index (χ0) is 13.6. The molecule has 0 aromatic rings. The van der Waals surface area contributed by atoms with Crippen LogP contribution in [0.2, 0.25) is 0 Å². The van der Waals surface area contributed by atoms with Crippen molar-refractivity contribution in [2.24, 2.45) is 11.1 Å². The summed E-state index contributed by atoms with van der Waals surface area (Å²) < 4.78 is 5.17. The maximum absolute atomic E-state index is 11.7. The molecule has 1 aliphatic heterocycles. The van der Waals surface area contributed by atoms with E-state index >= 15 is 0 Å². The Labute approximate surface area is 107 Å². The number of nitrogens with one attached hydrogen (secondary N) is 1. The second kappa shape index (κ2) is 6.70. The Morgan fingerprint density at radius 1 is 1.44 bits per heavy atom. The lowest BCUT2D eigenvalue weighted by atomic mass is 9.80. The average molecular weight is 258 g/mol. The van der Waals surface area contributed by atoms with Crippen molar-refractivity contribution in [3.63, 3.8) is 0 Å². The van der Waals surface area contributed by atoms with Crippen LogP contribution in [0, 0.1) is 5.41 Å². The first-order chi connectivity index (χ1) is 8.52. The van der Waals surface area contributed by atoms with Gasteiger partial charge in [0.2, 0.25) is 5.91 Å². The smallest absolute Gasteiger partial charge is 0.311 e. The van der Waals surface area contributed by atoms with E-state index in [1.165, 1.54) is 0 Å². The number of nitrogens with two attached hydrogens (primary N) is 1. The van der Waals surface area contributed by atoms with Gasteiger partial charge in [-0.2, -0.15) is 0 Å². The van der Waals surface area contributed by atoms with Gasteiger partial charge in [-0.05, 0) is 19.3 Å². The molecule has 1 rings (SSSR count). The molecule has 1 aliphatic rings. The summed E-state index contributed by atoms with van der Waals surface area (Å²) in [5.74, 6) is -1.15. The van der Waals surface area contributed by atoms with Crippen molar-refractivity contribution in [3.05, 3.63) is 0 Å². The first-order valence-electron chi connectivity index (χ1n) is 6.36. The molecule has 6 heteroatoms. The molecule has 18 heavy (non-hydrogen) atoms.